The van der Waals surface area contributed by atoms with Gasteiger partial charge in [-0.2, -0.15) is 11.8 Å². The molecule has 1 unspecified atom stereocenters. The molecule has 0 radical (unpaired) electrons. The summed E-state index contributed by atoms with van der Waals surface area (Å²) in [5, 5.41) is 11.1. The van der Waals surface area contributed by atoms with Gasteiger partial charge in [-0.05, 0) is 12.2 Å². The van der Waals surface area contributed by atoms with Gasteiger partial charge in [0.1, 0.15) is 0 Å². The predicted molar refractivity (Wildman–Crippen MR) is 35.7 cm³/mol. The lowest BCUT2D eigenvalue weighted by Gasteiger charge is -1.92. The summed E-state index contributed by atoms with van der Waals surface area (Å²) >= 11 is 1.92. The van der Waals surface area contributed by atoms with Crippen molar-refractivity contribution in [2.75, 3.05) is 11.5 Å². The molecule has 3 heteroatoms. The maximum absolute atomic E-state index is 8.09. The van der Waals surface area contributed by atoms with Crippen molar-refractivity contribution in [2.24, 2.45) is 11.1 Å². The molecule has 0 aliphatic carbocycles. The summed E-state index contributed by atoms with van der Waals surface area (Å²) in [7, 11) is 0. The van der Waals surface area contributed by atoms with E-state index in [0.29, 0.717) is 5.92 Å². The van der Waals surface area contributed by atoms with Crippen LogP contribution in [0.25, 0.3) is 0 Å². The molecule has 46 valence electrons. The monoisotopic (exact) mass is 131 g/mol. The quantitative estimate of drug-likeness (QED) is 0.329. The Labute approximate surface area is 53.0 Å². The molecule has 0 spiro atoms. The molecule has 8 heavy (non-hydrogen) atoms. The van der Waals surface area contributed by atoms with Crippen LogP contribution in [0.2, 0.25) is 0 Å². The zero-order valence-electron chi connectivity index (χ0n) is 4.58. The molecule has 0 saturated carbocycles. The molecule has 0 aromatic rings. The second kappa shape index (κ2) is 2.97. The van der Waals surface area contributed by atoms with Crippen LogP contribution in [-0.4, -0.2) is 22.9 Å². The molecule has 1 fully saturated rings. The average molecular weight is 131 g/mol. The zero-order valence-corrected chi connectivity index (χ0v) is 5.40. The van der Waals surface area contributed by atoms with Gasteiger partial charge in [0.25, 0.3) is 0 Å². The Hall–Kier alpha value is -0.180. The summed E-state index contributed by atoms with van der Waals surface area (Å²) in [6.45, 7) is 0. The van der Waals surface area contributed by atoms with Crippen LogP contribution in [0.1, 0.15) is 6.42 Å². The lowest BCUT2D eigenvalue weighted by atomic mass is 10.1. The summed E-state index contributed by atoms with van der Waals surface area (Å²) in [5.41, 5.74) is 0. The minimum absolute atomic E-state index is 0.532. The molecule has 1 rings (SSSR count). The van der Waals surface area contributed by atoms with Crippen molar-refractivity contribution < 1.29 is 5.21 Å². The molecule has 0 aromatic heterocycles. The van der Waals surface area contributed by atoms with E-state index in [1.165, 1.54) is 12.2 Å². The van der Waals surface area contributed by atoms with E-state index in [1.54, 1.807) is 6.21 Å². The third kappa shape index (κ3) is 1.40. The van der Waals surface area contributed by atoms with Crippen LogP contribution < -0.4 is 0 Å². The van der Waals surface area contributed by atoms with Gasteiger partial charge in [-0.25, -0.2) is 0 Å². The van der Waals surface area contributed by atoms with E-state index in [2.05, 4.69) is 5.16 Å². The number of rotatable bonds is 1. The fourth-order valence-corrected chi connectivity index (χ4v) is 1.96. The number of nitrogens with zero attached hydrogens (tertiary/aromatic N) is 1. The largest absolute Gasteiger partial charge is 0.411 e. The summed E-state index contributed by atoms with van der Waals surface area (Å²) in [5.74, 6) is 2.88. The highest BCUT2D eigenvalue weighted by molar-refractivity contribution is 7.99. The summed E-state index contributed by atoms with van der Waals surface area (Å²) in [6.07, 6.45) is 2.80. The van der Waals surface area contributed by atoms with E-state index >= 15 is 0 Å². The smallest absolute Gasteiger partial charge is 0.0475 e. The summed E-state index contributed by atoms with van der Waals surface area (Å²) in [6, 6.07) is 0. The molecule has 1 saturated heterocycles. The van der Waals surface area contributed by atoms with Crippen molar-refractivity contribution in [1.82, 2.24) is 0 Å². The molecule has 1 atom stereocenters. The topological polar surface area (TPSA) is 32.6 Å². The molecule has 0 aromatic carbocycles. The Morgan fingerprint density at radius 2 is 2.62 bits per heavy atom. The number of hydrogen-bond acceptors (Lipinski definition) is 3. The van der Waals surface area contributed by atoms with Gasteiger partial charge in [-0.15, -0.1) is 5.16 Å². The Bertz CT molecular complexity index is 88.4. The van der Waals surface area contributed by atoms with Crippen LogP contribution in [0.15, 0.2) is 5.16 Å². The second-order valence-electron chi connectivity index (χ2n) is 1.89. The standard InChI is InChI=1S/C5H9NOS/c7-6-3-5-1-2-8-4-5/h3,5,7H,1-2,4H2/b6-3+. The van der Waals surface area contributed by atoms with E-state index in [4.69, 9.17) is 5.21 Å². The molecule has 1 aliphatic heterocycles. The lowest BCUT2D eigenvalue weighted by molar-refractivity contribution is 0.318. The van der Waals surface area contributed by atoms with Gasteiger partial charge in [-0.1, -0.05) is 0 Å². The average Bonchev–Trinajstić information content (AvgIpc) is 2.19. The van der Waals surface area contributed by atoms with Gasteiger partial charge in [0, 0.05) is 17.9 Å². The van der Waals surface area contributed by atoms with Crippen molar-refractivity contribution in [3.8, 4) is 0 Å². The summed E-state index contributed by atoms with van der Waals surface area (Å²) in [4.78, 5) is 0. The van der Waals surface area contributed by atoms with E-state index < -0.39 is 0 Å². The van der Waals surface area contributed by atoms with Crippen LogP contribution in [0.4, 0.5) is 0 Å². The van der Waals surface area contributed by atoms with Gasteiger partial charge in [0.15, 0.2) is 0 Å². The molecule has 2 nitrogen and oxygen atoms in total. The third-order valence-electron chi connectivity index (χ3n) is 1.24. The zero-order chi connectivity index (χ0) is 5.82. The first kappa shape index (κ1) is 5.95. The summed E-state index contributed by atoms with van der Waals surface area (Å²) < 4.78 is 0. The van der Waals surface area contributed by atoms with Gasteiger partial charge < -0.3 is 5.21 Å². The Morgan fingerprint density at radius 3 is 3.12 bits per heavy atom. The molecule has 1 heterocycles. The Morgan fingerprint density at radius 1 is 1.75 bits per heavy atom. The normalized spacial score (nSPS) is 29.8. The third-order valence-corrected chi connectivity index (χ3v) is 2.43. The Kier molecular flexibility index (Phi) is 2.21. The van der Waals surface area contributed by atoms with Crippen molar-refractivity contribution in [1.29, 1.82) is 0 Å². The van der Waals surface area contributed by atoms with Gasteiger partial charge in [0.05, 0.1) is 0 Å². The van der Waals surface area contributed by atoms with Crippen LogP contribution in [0.5, 0.6) is 0 Å². The van der Waals surface area contributed by atoms with Crippen LogP contribution >= 0.6 is 11.8 Å². The SMILES string of the molecule is O/N=C/C1CCSC1. The molecule has 1 N–H and O–H groups in total. The number of oxime groups is 1. The second-order valence-corrected chi connectivity index (χ2v) is 3.04. The van der Waals surface area contributed by atoms with E-state index in [9.17, 15) is 0 Å². The van der Waals surface area contributed by atoms with E-state index in [1.807, 2.05) is 11.8 Å². The van der Waals surface area contributed by atoms with Crippen LogP contribution in [0.3, 0.4) is 0 Å². The van der Waals surface area contributed by atoms with Crippen molar-refractivity contribution in [3.63, 3.8) is 0 Å². The minimum Gasteiger partial charge on any atom is -0.411 e. The molecule has 0 bridgehead atoms. The highest BCUT2D eigenvalue weighted by Gasteiger charge is 2.12. The first-order valence-corrected chi connectivity index (χ1v) is 3.84. The Balaban J connectivity index is 2.24. The number of hydrogen-bond donors (Lipinski definition) is 1. The fraction of sp³-hybridized carbons (Fsp3) is 0.800. The van der Waals surface area contributed by atoms with E-state index in [-0.39, 0.29) is 0 Å². The highest BCUT2D eigenvalue weighted by Crippen LogP contribution is 2.21. The molecular formula is C5H9NOS. The molecular weight excluding hydrogens is 122 g/mol. The fourth-order valence-electron chi connectivity index (χ4n) is 0.765. The van der Waals surface area contributed by atoms with Gasteiger partial charge in [0.2, 0.25) is 0 Å². The maximum atomic E-state index is 8.09. The van der Waals surface area contributed by atoms with Crippen molar-refractivity contribution in [3.05, 3.63) is 0 Å². The molecule has 1 aliphatic rings. The first-order valence-electron chi connectivity index (χ1n) is 2.69. The van der Waals surface area contributed by atoms with E-state index in [0.717, 1.165) is 5.75 Å². The van der Waals surface area contributed by atoms with Gasteiger partial charge >= 0.3 is 0 Å². The van der Waals surface area contributed by atoms with Crippen molar-refractivity contribution >= 4 is 18.0 Å². The first-order chi connectivity index (χ1) is 3.93. The van der Waals surface area contributed by atoms with Crippen LogP contribution in [0, 0.1) is 5.92 Å². The predicted octanol–water partition coefficient (Wildman–Crippen LogP) is 1.20. The molecule has 0 amide bonds. The highest BCUT2D eigenvalue weighted by atomic mass is 32.2. The van der Waals surface area contributed by atoms with Crippen molar-refractivity contribution in [2.45, 2.75) is 6.42 Å². The number of thioether (sulfide) groups is 1. The maximum Gasteiger partial charge on any atom is 0.0475 e. The van der Waals surface area contributed by atoms with Gasteiger partial charge in [-0.3, -0.25) is 0 Å². The van der Waals surface area contributed by atoms with Crippen LogP contribution in [-0.2, 0) is 0 Å². The minimum atomic E-state index is 0.532. The lowest BCUT2D eigenvalue weighted by Crippen LogP contribution is -1.97.